The van der Waals surface area contributed by atoms with Crippen molar-refractivity contribution in [3.63, 3.8) is 0 Å². The van der Waals surface area contributed by atoms with Gasteiger partial charge in [0.05, 0.1) is 0 Å². The molecule has 0 heterocycles. The Balaban J connectivity index is 1.64. The molecule has 0 spiro atoms. The molecule has 0 fully saturated rings. The maximum atomic E-state index is 4.24. The van der Waals surface area contributed by atoms with Gasteiger partial charge in [-0.1, -0.05) is 148 Å². The Morgan fingerprint density at radius 1 is 0.674 bits per heavy atom. The first kappa shape index (κ1) is 32.0. The lowest BCUT2D eigenvalue weighted by atomic mass is 9.89. The van der Waals surface area contributed by atoms with E-state index in [0.717, 1.165) is 46.5 Å². The van der Waals surface area contributed by atoms with Gasteiger partial charge in [0.2, 0.25) is 0 Å². The van der Waals surface area contributed by atoms with Crippen LogP contribution in [0.5, 0.6) is 0 Å². The predicted molar refractivity (Wildman–Crippen MR) is 206 cm³/mol. The van der Waals surface area contributed by atoms with Crippen LogP contribution in [0.4, 0.5) is 5.69 Å². The molecule has 5 aromatic rings. The zero-order chi connectivity index (χ0) is 32.3. The second-order valence-electron chi connectivity index (χ2n) is 11.2. The van der Waals surface area contributed by atoms with Crippen molar-refractivity contribution in [1.29, 1.82) is 0 Å². The second kappa shape index (κ2) is 15.5. The molecule has 1 nitrogen and oxygen atoms in total. The number of fused-ring (bicyclic) bond motifs is 3. The highest BCUT2D eigenvalue weighted by molar-refractivity contribution is 6.15. The predicted octanol–water partition coefficient (Wildman–Crippen LogP) is 13.1. The van der Waals surface area contributed by atoms with Crippen molar-refractivity contribution < 1.29 is 0 Å². The number of anilines is 1. The Bertz CT molecular complexity index is 2010. The van der Waals surface area contributed by atoms with Crippen molar-refractivity contribution in [2.24, 2.45) is 0 Å². The molecule has 0 radical (unpaired) electrons. The summed E-state index contributed by atoms with van der Waals surface area (Å²) in [7, 11) is 0. The highest BCUT2D eigenvalue weighted by atomic mass is 14.9. The van der Waals surface area contributed by atoms with Crippen LogP contribution in [0.3, 0.4) is 0 Å². The summed E-state index contributed by atoms with van der Waals surface area (Å²) in [5.74, 6) is 0. The van der Waals surface area contributed by atoms with E-state index in [1.165, 1.54) is 38.2 Å². The van der Waals surface area contributed by atoms with Crippen LogP contribution in [0.2, 0.25) is 0 Å². The molecule has 0 amide bonds. The summed E-state index contributed by atoms with van der Waals surface area (Å²) in [5, 5.41) is 8.62. The molecular formula is C45H43N. The van der Waals surface area contributed by atoms with E-state index in [9.17, 15) is 0 Å². The lowest BCUT2D eigenvalue weighted by Gasteiger charge is -2.17. The molecule has 228 valence electrons. The lowest BCUT2D eigenvalue weighted by Crippen LogP contribution is -1.99. The Morgan fingerprint density at radius 3 is 2.09 bits per heavy atom. The molecule has 1 N–H and O–H groups in total. The molecule has 46 heavy (non-hydrogen) atoms. The monoisotopic (exact) mass is 597 g/mol. The second-order valence-corrected chi connectivity index (χ2v) is 11.2. The van der Waals surface area contributed by atoms with Gasteiger partial charge in [-0.05, 0) is 106 Å². The molecule has 0 saturated carbocycles. The molecule has 0 unspecified atom stereocenters. The van der Waals surface area contributed by atoms with Crippen LogP contribution in [-0.4, -0.2) is 0 Å². The fourth-order valence-corrected chi connectivity index (χ4v) is 5.87. The highest BCUT2D eigenvalue weighted by Gasteiger charge is 2.14. The number of hydrogen-bond donors (Lipinski definition) is 1. The van der Waals surface area contributed by atoms with Gasteiger partial charge >= 0.3 is 0 Å². The summed E-state index contributed by atoms with van der Waals surface area (Å²) in [5.41, 5.74) is 10.2. The van der Waals surface area contributed by atoms with E-state index in [1.807, 2.05) is 50.3 Å². The van der Waals surface area contributed by atoms with Gasteiger partial charge in [-0.25, -0.2) is 0 Å². The molecule has 0 atom stereocenters. The fraction of sp³-hybridized carbons (Fsp3) is 0.111. The Hall–Kier alpha value is -5.40. The first-order chi connectivity index (χ1) is 22.6. The molecular weight excluding hydrogens is 555 g/mol. The molecule has 0 aliphatic rings. The average molecular weight is 598 g/mol. The topological polar surface area (TPSA) is 12.0 Å². The Morgan fingerprint density at radius 2 is 1.37 bits per heavy atom. The molecule has 0 aliphatic carbocycles. The molecule has 0 aromatic heterocycles. The van der Waals surface area contributed by atoms with Crippen LogP contribution in [0, 0.1) is 0 Å². The number of nitrogens with one attached hydrogen (secondary N) is 1. The smallest absolute Gasteiger partial charge is 0.0470 e. The van der Waals surface area contributed by atoms with Crippen LogP contribution in [0.1, 0.15) is 43.9 Å². The standard InChI is InChI=1S/C45H43N/c1-6-11-14-15-18-33-23-25-34(26-24-33)39-29-27-36(32-45(39)46-37(9-4)19-12-7-2)35-28-30-43-42-22-17-16-21-41(42)40(20-13-8-3)38(10-5)44(43)31-35/h6-7,9-17,19-32,46H,4-5,8,18H2,1-3H3/b11-6-,12-7-,15-14-,20-13-,37-19+. The first-order valence-corrected chi connectivity index (χ1v) is 16.1. The number of benzene rings is 5. The van der Waals surface area contributed by atoms with Crippen molar-refractivity contribution in [3.05, 3.63) is 175 Å². The van der Waals surface area contributed by atoms with E-state index < -0.39 is 0 Å². The van der Waals surface area contributed by atoms with Crippen LogP contribution in [0.25, 0.3) is 56.0 Å². The van der Waals surface area contributed by atoms with Crippen LogP contribution in [-0.2, 0) is 6.42 Å². The van der Waals surface area contributed by atoms with E-state index in [2.05, 4.69) is 141 Å². The highest BCUT2D eigenvalue weighted by Crippen LogP contribution is 2.39. The summed E-state index contributed by atoms with van der Waals surface area (Å²) < 4.78 is 0. The van der Waals surface area contributed by atoms with Crippen molar-refractivity contribution in [3.8, 4) is 22.3 Å². The van der Waals surface area contributed by atoms with Crippen LogP contribution in [0.15, 0.2) is 158 Å². The summed E-state index contributed by atoms with van der Waals surface area (Å²) in [6.45, 7) is 14.5. The number of hydrogen-bond acceptors (Lipinski definition) is 1. The zero-order valence-electron chi connectivity index (χ0n) is 27.3. The molecule has 0 bridgehead atoms. The number of rotatable bonds is 12. The third kappa shape index (κ3) is 7.11. The van der Waals surface area contributed by atoms with E-state index in [-0.39, 0.29) is 0 Å². The van der Waals surface area contributed by atoms with Gasteiger partial charge in [0.15, 0.2) is 0 Å². The van der Waals surface area contributed by atoms with Crippen molar-refractivity contribution >= 4 is 39.4 Å². The van der Waals surface area contributed by atoms with E-state index in [0.29, 0.717) is 0 Å². The van der Waals surface area contributed by atoms with Crippen molar-refractivity contribution in [2.45, 2.75) is 33.6 Å². The van der Waals surface area contributed by atoms with Gasteiger partial charge in [0.25, 0.3) is 0 Å². The number of allylic oxidation sites excluding steroid dienone is 9. The first-order valence-electron chi connectivity index (χ1n) is 16.1. The van der Waals surface area contributed by atoms with Crippen molar-refractivity contribution in [1.82, 2.24) is 0 Å². The zero-order valence-corrected chi connectivity index (χ0v) is 27.3. The third-order valence-corrected chi connectivity index (χ3v) is 8.21. The fourth-order valence-electron chi connectivity index (χ4n) is 5.87. The summed E-state index contributed by atoms with van der Waals surface area (Å²) >= 11 is 0. The average Bonchev–Trinajstić information content (AvgIpc) is 3.10. The molecule has 0 aliphatic heterocycles. The van der Waals surface area contributed by atoms with Gasteiger partial charge < -0.3 is 5.32 Å². The molecule has 0 saturated heterocycles. The van der Waals surface area contributed by atoms with Gasteiger partial charge in [-0.3, -0.25) is 0 Å². The quantitative estimate of drug-likeness (QED) is 0.111. The normalized spacial score (nSPS) is 12.4. The third-order valence-electron chi connectivity index (χ3n) is 8.21. The minimum Gasteiger partial charge on any atom is -0.355 e. The van der Waals surface area contributed by atoms with Gasteiger partial charge in [-0.2, -0.15) is 0 Å². The van der Waals surface area contributed by atoms with Crippen LogP contribution < -0.4 is 5.32 Å². The minimum atomic E-state index is 0.904. The Labute approximate surface area is 275 Å². The van der Waals surface area contributed by atoms with Gasteiger partial charge in [0.1, 0.15) is 0 Å². The van der Waals surface area contributed by atoms with E-state index >= 15 is 0 Å². The summed E-state index contributed by atoms with van der Waals surface area (Å²) in [6, 6.07) is 31.1. The lowest BCUT2D eigenvalue weighted by molar-refractivity contribution is 1.23. The van der Waals surface area contributed by atoms with Gasteiger partial charge in [-0.15, -0.1) is 0 Å². The van der Waals surface area contributed by atoms with E-state index in [4.69, 9.17) is 0 Å². The molecule has 5 rings (SSSR count). The van der Waals surface area contributed by atoms with Gasteiger partial charge in [0, 0.05) is 16.9 Å². The summed E-state index contributed by atoms with van der Waals surface area (Å²) in [4.78, 5) is 0. The van der Waals surface area contributed by atoms with Crippen LogP contribution >= 0.6 is 0 Å². The molecule has 5 aromatic carbocycles. The Kier molecular flexibility index (Phi) is 10.8. The molecule has 1 heteroatoms. The minimum absolute atomic E-state index is 0.904. The SMILES string of the molecule is C=C/C(=C\C=C/C)Nc1cc(-c2ccc3c(c2)c(C=C)c(/C=C\CC)c2ccccc23)ccc1-c1ccc(C/C=C\C=C/C)cc1. The summed E-state index contributed by atoms with van der Waals surface area (Å²) in [6.07, 6.45) is 24.7. The maximum Gasteiger partial charge on any atom is 0.0470 e. The van der Waals surface area contributed by atoms with E-state index in [1.54, 1.807) is 0 Å². The maximum absolute atomic E-state index is 4.24. The largest absolute Gasteiger partial charge is 0.355 e. The van der Waals surface area contributed by atoms with Crippen molar-refractivity contribution in [2.75, 3.05) is 5.32 Å².